The molecule has 0 saturated carbocycles. The van der Waals surface area contributed by atoms with Crippen LogP contribution in [0.25, 0.3) is 17.4 Å². The van der Waals surface area contributed by atoms with Crippen molar-refractivity contribution in [3.8, 4) is 11.3 Å². The van der Waals surface area contributed by atoms with Crippen LogP contribution in [0.5, 0.6) is 0 Å². The van der Waals surface area contributed by atoms with Crippen LogP contribution in [0.1, 0.15) is 5.76 Å². The summed E-state index contributed by atoms with van der Waals surface area (Å²) in [6.07, 6.45) is 1.59. The molecule has 0 radical (unpaired) electrons. The van der Waals surface area contributed by atoms with Gasteiger partial charge in [-0.25, -0.2) is 0 Å². The maximum Gasteiger partial charge on any atom is 0.293 e. The molecule has 2 amide bonds. The molecule has 2 aromatic rings. The van der Waals surface area contributed by atoms with E-state index in [4.69, 9.17) is 4.42 Å². The molecule has 3 rings (SSSR count). The predicted molar refractivity (Wildman–Crippen MR) is 85.6 cm³/mol. The summed E-state index contributed by atoms with van der Waals surface area (Å²) in [5.41, 5.74) is 0.938. The predicted octanol–water partition coefficient (Wildman–Crippen LogP) is 4.38. The van der Waals surface area contributed by atoms with Crippen molar-refractivity contribution in [2.75, 3.05) is 7.05 Å². The number of halogens is 1. The van der Waals surface area contributed by atoms with E-state index in [1.165, 1.54) is 7.05 Å². The topological polar surface area (TPSA) is 50.5 Å². The van der Waals surface area contributed by atoms with Gasteiger partial charge in [-0.05, 0) is 36.0 Å². The second kappa shape index (κ2) is 5.54. The van der Waals surface area contributed by atoms with E-state index in [9.17, 15) is 9.59 Å². The Morgan fingerprint density at radius 1 is 1.24 bits per heavy atom. The minimum absolute atomic E-state index is 0.273. The van der Waals surface area contributed by atoms with Gasteiger partial charge in [-0.2, -0.15) is 0 Å². The van der Waals surface area contributed by atoms with Crippen molar-refractivity contribution in [3.63, 3.8) is 0 Å². The summed E-state index contributed by atoms with van der Waals surface area (Å²) in [5, 5.41) is -0.273. The van der Waals surface area contributed by atoms with Gasteiger partial charge in [0.15, 0.2) is 0 Å². The smallest absolute Gasteiger partial charge is 0.293 e. The number of furan rings is 1. The molecule has 1 aromatic heterocycles. The van der Waals surface area contributed by atoms with Gasteiger partial charge in [-0.1, -0.05) is 28.1 Å². The van der Waals surface area contributed by atoms with Crippen LogP contribution in [0, 0.1) is 0 Å². The summed E-state index contributed by atoms with van der Waals surface area (Å²) < 4.78 is 6.68. The second-order valence-corrected chi connectivity index (χ2v) is 6.36. The van der Waals surface area contributed by atoms with Gasteiger partial charge in [0, 0.05) is 23.2 Å². The van der Waals surface area contributed by atoms with E-state index in [1.807, 2.05) is 30.3 Å². The molecular formula is C15H10BrNO3S. The Morgan fingerprint density at radius 2 is 2.05 bits per heavy atom. The minimum Gasteiger partial charge on any atom is -0.457 e. The van der Waals surface area contributed by atoms with Crippen LogP contribution in [0.15, 0.2) is 50.2 Å². The van der Waals surface area contributed by atoms with Crippen molar-refractivity contribution >= 4 is 44.9 Å². The van der Waals surface area contributed by atoms with Crippen LogP contribution in [0.4, 0.5) is 4.79 Å². The molecular weight excluding hydrogens is 354 g/mol. The molecule has 0 unspecified atom stereocenters. The molecule has 106 valence electrons. The number of hydrogen-bond acceptors (Lipinski definition) is 4. The Hall–Kier alpha value is -1.79. The Kier molecular flexibility index (Phi) is 3.73. The quantitative estimate of drug-likeness (QED) is 0.743. The molecule has 1 aliphatic rings. The third-order valence-electron chi connectivity index (χ3n) is 3.00. The normalized spacial score (nSPS) is 17.0. The number of nitrogens with zero attached hydrogens (tertiary/aromatic N) is 1. The van der Waals surface area contributed by atoms with E-state index in [0.29, 0.717) is 16.4 Å². The lowest BCUT2D eigenvalue weighted by Crippen LogP contribution is -2.22. The summed E-state index contributed by atoms with van der Waals surface area (Å²) in [4.78, 5) is 24.7. The van der Waals surface area contributed by atoms with Gasteiger partial charge in [0.05, 0.1) is 4.91 Å². The Labute approximate surface area is 133 Å². The van der Waals surface area contributed by atoms with Crippen molar-refractivity contribution < 1.29 is 14.0 Å². The lowest BCUT2D eigenvalue weighted by molar-refractivity contribution is -0.121. The molecule has 1 saturated heterocycles. The average Bonchev–Trinajstić information content (AvgIpc) is 3.01. The molecule has 0 aliphatic carbocycles. The summed E-state index contributed by atoms with van der Waals surface area (Å²) >= 11 is 4.33. The standard InChI is InChI=1S/C15H10BrNO3S/c1-17-14(18)13(21-15(17)19)8-11-5-6-12(20-11)9-3-2-4-10(16)7-9/h2-8H,1H3/b13-8-. The van der Waals surface area contributed by atoms with Crippen LogP contribution in [0.3, 0.4) is 0 Å². The Morgan fingerprint density at radius 3 is 2.71 bits per heavy atom. The second-order valence-electron chi connectivity index (χ2n) is 4.45. The number of likely N-dealkylation sites (N-methyl/N-ethyl adjacent to an activating group) is 1. The number of imide groups is 1. The number of benzene rings is 1. The fourth-order valence-corrected chi connectivity index (χ4v) is 3.11. The number of hydrogen-bond donors (Lipinski definition) is 0. The maximum atomic E-state index is 11.8. The van der Waals surface area contributed by atoms with Crippen molar-refractivity contribution in [2.45, 2.75) is 0 Å². The lowest BCUT2D eigenvalue weighted by Gasteiger charge is -2.00. The molecule has 6 heteroatoms. The zero-order valence-electron chi connectivity index (χ0n) is 11.0. The molecule has 0 spiro atoms. The van der Waals surface area contributed by atoms with Crippen LogP contribution < -0.4 is 0 Å². The van der Waals surface area contributed by atoms with Gasteiger partial charge in [0.1, 0.15) is 11.5 Å². The molecule has 0 atom stereocenters. The Balaban J connectivity index is 1.89. The molecule has 0 N–H and O–H groups in total. The van der Waals surface area contributed by atoms with E-state index in [0.717, 1.165) is 26.7 Å². The number of carbonyl (C=O) groups is 2. The summed E-state index contributed by atoms with van der Waals surface area (Å²) in [6.45, 7) is 0. The van der Waals surface area contributed by atoms with Gasteiger partial charge in [-0.3, -0.25) is 14.5 Å². The number of rotatable bonds is 2. The van der Waals surface area contributed by atoms with Crippen molar-refractivity contribution in [1.82, 2.24) is 4.90 Å². The molecule has 0 bridgehead atoms. The van der Waals surface area contributed by atoms with E-state index in [2.05, 4.69) is 15.9 Å². The van der Waals surface area contributed by atoms with Gasteiger partial charge in [0.2, 0.25) is 0 Å². The van der Waals surface area contributed by atoms with Crippen LogP contribution in [0.2, 0.25) is 0 Å². The van der Waals surface area contributed by atoms with Crippen molar-refractivity contribution in [3.05, 3.63) is 51.5 Å². The highest BCUT2D eigenvalue weighted by Gasteiger charge is 2.32. The number of thioether (sulfide) groups is 1. The zero-order valence-corrected chi connectivity index (χ0v) is 13.4. The lowest BCUT2D eigenvalue weighted by atomic mass is 10.2. The molecule has 2 heterocycles. The fraction of sp³-hybridized carbons (Fsp3) is 0.0667. The summed E-state index contributed by atoms with van der Waals surface area (Å²) in [7, 11) is 1.47. The van der Waals surface area contributed by atoms with Gasteiger partial charge in [0.25, 0.3) is 11.1 Å². The highest BCUT2D eigenvalue weighted by atomic mass is 79.9. The van der Waals surface area contributed by atoms with Gasteiger partial charge < -0.3 is 4.42 Å². The van der Waals surface area contributed by atoms with E-state index < -0.39 is 0 Å². The first-order chi connectivity index (χ1) is 10.0. The first-order valence-corrected chi connectivity index (χ1v) is 7.73. The first-order valence-electron chi connectivity index (χ1n) is 6.12. The highest BCUT2D eigenvalue weighted by Crippen LogP contribution is 2.32. The van der Waals surface area contributed by atoms with Gasteiger partial charge in [-0.15, -0.1) is 0 Å². The SMILES string of the molecule is CN1C(=O)S/C(=C\c2ccc(-c3cccc(Br)c3)o2)C1=O. The van der Waals surface area contributed by atoms with Gasteiger partial charge >= 0.3 is 0 Å². The molecule has 4 nitrogen and oxygen atoms in total. The van der Waals surface area contributed by atoms with Crippen molar-refractivity contribution in [1.29, 1.82) is 0 Å². The number of carbonyl (C=O) groups excluding carboxylic acids is 2. The van der Waals surface area contributed by atoms with E-state index in [-0.39, 0.29) is 11.1 Å². The van der Waals surface area contributed by atoms with E-state index in [1.54, 1.807) is 12.1 Å². The Bertz CT molecular complexity index is 766. The third-order valence-corrected chi connectivity index (χ3v) is 4.45. The summed E-state index contributed by atoms with van der Waals surface area (Å²) in [5.74, 6) is 0.951. The molecule has 21 heavy (non-hydrogen) atoms. The average molecular weight is 364 g/mol. The van der Waals surface area contributed by atoms with Crippen LogP contribution >= 0.6 is 27.7 Å². The van der Waals surface area contributed by atoms with Crippen molar-refractivity contribution in [2.24, 2.45) is 0 Å². The highest BCUT2D eigenvalue weighted by molar-refractivity contribution is 9.10. The monoisotopic (exact) mass is 363 g/mol. The third kappa shape index (κ3) is 2.82. The minimum atomic E-state index is -0.301. The molecule has 1 aliphatic heterocycles. The first kappa shape index (κ1) is 14.2. The maximum absolute atomic E-state index is 11.8. The van der Waals surface area contributed by atoms with Crippen LogP contribution in [-0.4, -0.2) is 23.1 Å². The summed E-state index contributed by atoms with van der Waals surface area (Å²) in [6, 6.07) is 11.4. The largest absolute Gasteiger partial charge is 0.457 e. The fourth-order valence-electron chi connectivity index (χ4n) is 1.90. The van der Waals surface area contributed by atoms with Crippen LogP contribution in [-0.2, 0) is 4.79 Å². The number of amides is 2. The zero-order chi connectivity index (χ0) is 15.0. The molecule has 1 aromatic carbocycles. The van der Waals surface area contributed by atoms with E-state index >= 15 is 0 Å². The molecule has 1 fully saturated rings.